The van der Waals surface area contributed by atoms with Crippen LogP contribution in [-0.4, -0.2) is 83.8 Å². The molecule has 1 aromatic rings. The number of allylic oxidation sites excluding steroid dienone is 1. The number of nitrogens with one attached hydrogen (secondary N) is 1. The van der Waals surface area contributed by atoms with Gasteiger partial charge in [0, 0.05) is 38.8 Å². The molecule has 0 aliphatic carbocycles. The second-order valence-corrected chi connectivity index (χ2v) is 18.5. The van der Waals surface area contributed by atoms with Crippen molar-refractivity contribution in [3.8, 4) is 11.5 Å². The minimum absolute atomic E-state index is 0.0140. The highest BCUT2D eigenvalue weighted by Gasteiger charge is 2.38. The average molecular weight is 703 g/mol. The molecule has 2 aliphatic rings. The summed E-state index contributed by atoms with van der Waals surface area (Å²) in [5, 5.41) is 0.0292. The number of piperidine rings is 1. The van der Waals surface area contributed by atoms with Gasteiger partial charge < -0.3 is 33.0 Å². The topological polar surface area (TPSA) is 114 Å². The Morgan fingerprint density at radius 3 is 2.37 bits per heavy atom. The lowest BCUT2D eigenvalue weighted by atomic mass is 10.0. The molecule has 1 N–H and O–H groups in total. The van der Waals surface area contributed by atoms with Crippen LogP contribution in [0.25, 0.3) is 6.08 Å². The van der Waals surface area contributed by atoms with Crippen LogP contribution >= 0.6 is 0 Å². The van der Waals surface area contributed by atoms with Gasteiger partial charge in [0.1, 0.15) is 23.2 Å². The third-order valence-electron chi connectivity index (χ3n) is 8.78. The minimum atomic E-state index is -2.10. The van der Waals surface area contributed by atoms with E-state index >= 15 is 0 Å². The number of ether oxygens (including phenoxy) is 5. The number of hydrogen-bond acceptors (Lipinski definition) is 10. The molecule has 49 heavy (non-hydrogen) atoms. The molecule has 1 aromatic carbocycles. The number of rotatable bonds is 14. The van der Waals surface area contributed by atoms with Crippen molar-refractivity contribution in [2.45, 2.75) is 104 Å². The van der Waals surface area contributed by atoms with Crippen molar-refractivity contribution >= 4 is 26.3 Å². The standard InChI is InChI=1S/C37H58N2O9Si/c1-9-42-26-44-32-23-29-22-30(38-46-25-34(40)39-20-12-11-13-21-39)17-15-19-31(48-49(7,8)37(4,5)6)18-14-16-28(3)47-36(41)35(29)33(24-32)45-27-43-10-2/h14-15,17-18,22-24,28,31,38H,9-13,16,19-21,25-27H2,1-8H3/b17-15?,18-14?,30-22-/t28-,31-/m1/s1. The summed E-state index contributed by atoms with van der Waals surface area (Å²) in [7, 11) is -2.10. The van der Waals surface area contributed by atoms with Crippen LogP contribution in [0.1, 0.15) is 89.6 Å². The van der Waals surface area contributed by atoms with E-state index in [0.717, 1.165) is 32.4 Å². The molecule has 0 radical (unpaired) electrons. The molecule has 12 heteroatoms. The van der Waals surface area contributed by atoms with Crippen LogP contribution < -0.4 is 15.0 Å². The van der Waals surface area contributed by atoms with Gasteiger partial charge in [0.2, 0.25) is 0 Å². The molecule has 0 bridgehead atoms. The Balaban J connectivity index is 2.06. The van der Waals surface area contributed by atoms with E-state index in [2.05, 4.69) is 45.4 Å². The van der Waals surface area contributed by atoms with Gasteiger partial charge in [0.15, 0.2) is 28.5 Å². The van der Waals surface area contributed by atoms with Gasteiger partial charge in [-0.05, 0) is 88.4 Å². The number of carbonyl (C=O) groups excluding carboxylic acids is 2. The smallest absolute Gasteiger partial charge is 0.342 e. The third kappa shape index (κ3) is 13.2. The van der Waals surface area contributed by atoms with Crippen molar-refractivity contribution < 1.29 is 42.5 Å². The van der Waals surface area contributed by atoms with Crippen molar-refractivity contribution in [1.82, 2.24) is 10.4 Å². The van der Waals surface area contributed by atoms with Gasteiger partial charge in [-0.25, -0.2) is 4.79 Å². The van der Waals surface area contributed by atoms with Crippen LogP contribution in [0.15, 0.2) is 42.1 Å². The normalized spacial score (nSPS) is 20.4. The summed E-state index contributed by atoms with van der Waals surface area (Å²) < 4.78 is 35.4. The monoisotopic (exact) mass is 702 g/mol. The molecule has 1 saturated heterocycles. The number of esters is 1. The summed E-state index contributed by atoms with van der Waals surface area (Å²) in [6, 6.07) is 3.34. The van der Waals surface area contributed by atoms with Gasteiger partial charge in [0.05, 0.1) is 11.8 Å². The molecule has 2 atom stereocenters. The third-order valence-corrected chi connectivity index (χ3v) is 13.3. The van der Waals surface area contributed by atoms with Crippen LogP contribution in [0.2, 0.25) is 18.1 Å². The molecule has 2 aliphatic heterocycles. The summed E-state index contributed by atoms with van der Waals surface area (Å²) >= 11 is 0. The van der Waals surface area contributed by atoms with Gasteiger partial charge in [-0.15, -0.1) is 0 Å². The predicted octanol–water partition coefficient (Wildman–Crippen LogP) is 7.15. The molecule has 11 nitrogen and oxygen atoms in total. The Labute approximate surface area is 294 Å². The molecule has 1 amide bonds. The lowest BCUT2D eigenvalue weighted by Gasteiger charge is -2.38. The van der Waals surface area contributed by atoms with E-state index in [-0.39, 0.29) is 48.6 Å². The molecular weight excluding hydrogens is 644 g/mol. The number of likely N-dealkylation sites (tertiary alicyclic amines) is 1. The van der Waals surface area contributed by atoms with E-state index in [0.29, 0.717) is 43.1 Å². The van der Waals surface area contributed by atoms with Crippen molar-refractivity contribution in [3.05, 3.63) is 53.3 Å². The van der Waals surface area contributed by atoms with E-state index < -0.39 is 20.4 Å². The first-order chi connectivity index (χ1) is 23.3. The fraction of sp³-hybridized carbons (Fsp3) is 0.622. The zero-order valence-corrected chi connectivity index (χ0v) is 31.8. The van der Waals surface area contributed by atoms with Gasteiger partial charge in [-0.2, -0.15) is 0 Å². The van der Waals surface area contributed by atoms with E-state index in [4.69, 9.17) is 32.9 Å². The Morgan fingerprint density at radius 2 is 1.69 bits per heavy atom. The number of fused-ring (bicyclic) bond motifs is 1. The van der Waals surface area contributed by atoms with Gasteiger partial charge in [-0.1, -0.05) is 39.0 Å². The van der Waals surface area contributed by atoms with E-state index in [1.165, 1.54) is 0 Å². The number of hydroxylamine groups is 1. The predicted molar refractivity (Wildman–Crippen MR) is 193 cm³/mol. The molecule has 3 rings (SSSR count). The maximum Gasteiger partial charge on any atom is 0.342 e. The van der Waals surface area contributed by atoms with E-state index in [9.17, 15) is 9.59 Å². The van der Waals surface area contributed by atoms with Crippen molar-refractivity contribution in [3.63, 3.8) is 0 Å². The minimum Gasteiger partial charge on any atom is -0.467 e. The molecule has 0 saturated carbocycles. The highest BCUT2D eigenvalue weighted by molar-refractivity contribution is 6.74. The first-order valence-electron chi connectivity index (χ1n) is 17.5. The summed E-state index contributed by atoms with van der Waals surface area (Å²) in [5.74, 6) is 0.0144. The summed E-state index contributed by atoms with van der Waals surface area (Å²) in [5.41, 5.74) is 4.12. The quantitative estimate of drug-likeness (QED) is 0.0536. The number of carbonyl (C=O) groups is 2. The number of benzene rings is 1. The van der Waals surface area contributed by atoms with Crippen molar-refractivity contribution in [2.24, 2.45) is 0 Å². The van der Waals surface area contributed by atoms with Crippen LogP contribution in [0.3, 0.4) is 0 Å². The molecule has 0 spiro atoms. The first kappa shape index (κ1) is 40.3. The highest BCUT2D eigenvalue weighted by Crippen LogP contribution is 2.38. The molecule has 274 valence electrons. The van der Waals surface area contributed by atoms with Crippen LogP contribution in [0.5, 0.6) is 11.5 Å². The van der Waals surface area contributed by atoms with Crippen LogP contribution in [0, 0.1) is 0 Å². The maximum absolute atomic E-state index is 13.9. The van der Waals surface area contributed by atoms with Gasteiger partial charge in [-0.3, -0.25) is 15.1 Å². The molecule has 1 fully saturated rings. The molecule has 2 heterocycles. The number of hydrogen-bond donors (Lipinski definition) is 1. The first-order valence-corrected chi connectivity index (χ1v) is 20.4. The molecule has 0 aromatic heterocycles. The second-order valence-electron chi connectivity index (χ2n) is 13.8. The lowest BCUT2D eigenvalue weighted by Crippen LogP contribution is -2.43. The summed E-state index contributed by atoms with van der Waals surface area (Å²) in [6.07, 6.45) is 13.3. The van der Waals surface area contributed by atoms with Crippen molar-refractivity contribution in [2.75, 3.05) is 46.5 Å². The molecular formula is C37H58N2O9Si. The summed E-state index contributed by atoms with van der Waals surface area (Å²) in [4.78, 5) is 34.3. The number of amides is 1. The van der Waals surface area contributed by atoms with E-state index in [1.807, 2.05) is 43.9 Å². The fourth-order valence-electron chi connectivity index (χ4n) is 4.98. The zero-order chi connectivity index (χ0) is 35.9. The largest absolute Gasteiger partial charge is 0.467 e. The number of cyclic esters (lactones) is 1. The zero-order valence-electron chi connectivity index (χ0n) is 30.8. The second kappa shape index (κ2) is 19.9. The van der Waals surface area contributed by atoms with Crippen LogP contribution in [-0.2, 0) is 28.3 Å². The highest BCUT2D eigenvalue weighted by atomic mass is 28.4. The van der Waals surface area contributed by atoms with Crippen molar-refractivity contribution in [1.29, 1.82) is 0 Å². The Kier molecular flexibility index (Phi) is 16.3. The van der Waals surface area contributed by atoms with Gasteiger partial charge >= 0.3 is 5.97 Å². The Bertz CT molecular complexity index is 1300. The Hall–Kier alpha value is -3.16. The SMILES string of the molecule is CCOCOc1cc2c(c(OCOCC)c1)C(=O)O[C@H](C)CC=C[C@@H](O[Si](C)(C)C(C)(C)C)CC=C/C(NOCC(=O)N1CCCCC1)=C/2. The Morgan fingerprint density at radius 1 is 1.00 bits per heavy atom. The average Bonchev–Trinajstić information content (AvgIpc) is 3.04. The molecule has 0 unspecified atom stereocenters. The van der Waals surface area contributed by atoms with E-state index in [1.54, 1.807) is 18.2 Å². The number of nitrogens with zero attached hydrogens (tertiary/aromatic N) is 1. The summed E-state index contributed by atoms with van der Waals surface area (Å²) in [6.45, 7) is 18.9. The lowest BCUT2D eigenvalue weighted by molar-refractivity contribution is -0.139. The fourth-order valence-corrected chi connectivity index (χ4v) is 6.26. The maximum atomic E-state index is 13.9. The van der Waals surface area contributed by atoms with Gasteiger partial charge in [0.25, 0.3) is 5.91 Å². The van der Waals surface area contributed by atoms with Crippen LogP contribution in [0.4, 0.5) is 0 Å².